The highest BCUT2D eigenvalue weighted by molar-refractivity contribution is 5.77. The third-order valence-electron chi connectivity index (χ3n) is 5.80. The number of aliphatic hydroxyl groups excluding tert-OH is 1. The van der Waals surface area contributed by atoms with Gasteiger partial charge >= 0.3 is 0 Å². The number of nitrogens with one attached hydrogen (secondary N) is 1. The summed E-state index contributed by atoms with van der Waals surface area (Å²) in [4.78, 5) is 23.2. The van der Waals surface area contributed by atoms with Crippen LogP contribution in [0.3, 0.4) is 0 Å². The average Bonchev–Trinajstić information content (AvgIpc) is 3.14. The van der Waals surface area contributed by atoms with Gasteiger partial charge in [0.15, 0.2) is 0 Å². The number of amides is 1. The molecule has 1 saturated heterocycles. The lowest BCUT2D eigenvalue weighted by molar-refractivity contribution is -0.124. The van der Waals surface area contributed by atoms with Gasteiger partial charge in [0.1, 0.15) is 6.61 Å². The van der Waals surface area contributed by atoms with Crippen LogP contribution in [0.2, 0.25) is 0 Å². The summed E-state index contributed by atoms with van der Waals surface area (Å²) in [5, 5.41) is 12.0. The zero-order chi connectivity index (χ0) is 16.5. The van der Waals surface area contributed by atoms with Gasteiger partial charge in [-0.2, -0.15) is 0 Å². The molecule has 24 heavy (non-hydrogen) atoms. The molecule has 2 saturated carbocycles. The minimum absolute atomic E-state index is 0.0934. The maximum absolute atomic E-state index is 11.6. The summed E-state index contributed by atoms with van der Waals surface area (Å²) in [6, 6.07) is 2.15. The molecule has 130 valence electrons. The molecule has 0 unspecified atom stereocenters. The number of aromatic nitrogens is 2. The Morgan fingerprint density at radius 3 is 2.75 bits per heavy atom. The number of hydrogen-bond donors (Lipinski definition) is 2. The number of hydrogen-bond acceptors (Lipinski definition) is 5. The molecule has 4 rings (SSSR count). The fraction of sp³-hybridized carbons (Fsp3) is 0.722. The van der Waals surface area contributed by atoms with E-state index in [1.807, 2.05) is 6.20 Å². The molecule has 1 aromatic rings. The quantitative estimate of drug-likeness (QED) is 0.854. The Balaban J connectivity index is 1.49. The molecular weight excluding hydrogens is 304 g/mol. The smallest absolute Gasteiger partial charge is 0.245 e. The summed E-state index contributed by atoms with van der Waals surface area (Å²) in [7, 11) is 0. The van der Waals surface area contributed by atoms with Gasteiger partial charge in [-0.05, 0) is 37.7 Å². The standard InChI is InChI=1S/C18H26N4O2/c23-11-17(24)20-16-10-22(9-14(16)12-5-6-12)18-19-8-7-15(21-18)13-3-1-2-4-13/h7-8,12-14,16,23H,1-6,9-11H2,(H,20,24)/t14-,16+/m0/s1. The number of aliphatic hydroxyl groups is 1. The van der Waals surface area contributed by atoms with Crippen LogP contribution in [0.25, 0.3) is 0 Å². The number of carbonyl (C=O) groups is 1. The normalized spacial score (nSPS) is 27.6. The highest BCUT2D eigenvalue weighted by Crippen LogP contribution is 2.42. The third-order valence-corrected chi connectivity index (χ3v) is 5.80. The summed E-state index contributed by atoms with van der Waals surface area (Å²) in [5.41, 5.74) is 1.17. The topological polar surface area (TPSA) is 78.4 Å². The molecule has 3 aliphatic rings. The zero-order valence-electron chi connectivity index (χ0n) is 14.0. The average molecular weight is 330 g/mol. The van der Waals surface area contributed by atoms with Gasteiger partial charge in [0.2, 0.25) is 11.9 Å². The molecule has 2 N–H and O–H groups in total. The molecule has 2 atom stereocenters. The second-order valence-corrected chi connectivity index (χ2v) is 7.50. The molecule has 2 heterocycles. The highest BCUT2D eigenvalue weighted by atomic mass is 16.3. The Morgan fingerprint density at radius 1 is 1.25 bits per heavy atom. The predicted octanol–water partition coefficient (Wildman–Crippen LogP) is 1.46. The molecule has 0 radical (unpaired) electrons. The Hall–Kier alpha value is -1.69. The molecule has 6 heteroatoms. The fourth-order valence-corrected chi connectivity index (χ4v) is 4.36. The van der Waals surface area contributed by atoms with Gasteiger partial charge in [-0.3, -0.25) is 4.79 Å². The zero-order valence-corrected chi connectivity index (χ0v) is 14.0. The van der Waals surface area contributed by atoms with Crippen molar-refractivity contribution in [3.63, 3.8) is 0 Å². The van der Waals surface area contributed by atoms with E-state index in [1.165, 1.54) is 44.2 Å². The van der Waals surface area contributed by atoms with Gasteiger partial charge in [0.25, 0.3) is 0 Å². The first-order valence-electron chi connectivity index (χ1n) is 9.22. The summed E-state index contributed by atoms with van der Waals surface area (Å²) in [5.74, 6) is 2.23. The van der Waals surface area contributed by atoms with E-state index in [0.717, 1.165) is 19.0 Å². The first-order valence-corrected chi connectivity index (χ1v) is 9.22. The van der Waals surface area contributed by atoms with E-state index in [-0.39, 0.29) is 11.9 Å². The van der Waals surface area contributed by atoms with Gasteiger partial charge in [-0.25, -0.2) is 9.97 Å². The van der Waals surface area contributed by atoms with Crippen LogP contribution in [-0.4, -0.2) is 46.7 Å². The second-order valence-electron chi connectivity index (χ2n) is 7.50. The van der Waals surface area contributed by atoms with Crippen molar-refractivity contribution in [1.29, 1.82) is 0 Å². The Bertz CT molecular complexity index is 598. The van der Waals surface area contributed by atoms with E-state index >= 15 is 0 Å². The maximum Gasteiger partial charge on any atom is 0.245 e. The van der Waals surface area contributed by atoms with Crippen LogP contribution in [0.4, 0.5) is 5.95 Å². The van der Waals surface area contributed by atoms with E-state index in [0.29, 0.717) is 17.8 Å². The Labute approximate surface area is 142 Å². The molecule has 1 amide bonds. The molecule has 1 aromatic heterocycles. The SMILES string of the molecule is O=C(CO)N[C@@H]1CN(c2nccc(C3CCCC3)n2)C[C@H]1C1CC1. The summed E-state index contributed by atoms with van der Waals surface area (Å²) < 4.78 is 0. The summed E-state index contributed by atoms with van der Waals surface area (Å²) >= 11 is 0. The van der Waals surface area contributed by atoms with Crippen LogP contribution in [-0.2, 0) is 4.79 Å². The van der Waals surface area contributed by atoms with E-state index in [9.17, 15) is 4.79 Å². The molecule has 2 aliphatic carbocycles. The van der Waals surface area contributed by atoms with Crippen molar-refractivity contribution in [2.24, 2.45) is 11.8 Å². The van der Waals surface area contributed by atoms with Crippen LogP contribution in [0.5, 0.6) is 0 Å². The molecule has 1 aliphatic heterocycles. The fourth-order valence-electron chi connectivity index (χ4n) is 4.36. The van der Waals surface area contributed by atoms with Crippen LogP contribution in [0, 0.1) is 11.8 Å². The number of anilines is 1. The number of nitrogens with zero attached hydrogens (tertiary/aromatic N) is 3. The largest absolute Gasteiger partial charge is 0.387 e. The second kappa shape index (κ2) is 6.67. The van der Waals surface area contributed by atoms with Crippen molar-refractivity contribution in [1.82, 2.24) is 15.3 Å². The van der Waals surface area contributed by atoms with Crippen LogP contribution in [0.1, 0.15) is 50.1 Å². The highest BCUT2D eigenvalue weighted by Gasteiger charge is 2.43. The van der Waals surface area contributed by atoms with Crippen LogP contribution in [0.15, 0.2) is 12.3 Å². The van der Waals surface area contributed by atoms with Crippen molar-refractivity contribution >= 4 is 11.9 Å². The minimum atomic E-state index is -0.443. The predicted molar refractivity (Wildman–Crippen MR) is 90.7 cm³/mol. The van der Waals surface area contributed by atoms with Gasteiger partial charge in [-0.1, -0.05) is 12.8 Å². The van der Waals surface area contributed by atoms with Gasteiger partial charge < -0.3 is 15.3 Å². The first kappa shape index (κ1) is 15.8. The van der Waals surface area contributed by atoms with Crippen LogP contribution >= 0.6 is 0 Å². The lowest BCUT2D eigenvalue weighted by Crippen LogP contribution is -2.42. The molecular formula is C18H26N4O2. The molecule has 6 nitrogen and oxygen atoms in total. The molecule has 0 aromatic carbocycles. The number of rotatable bonds is 5. The van der Waals surface area contributed by atoms with E-state index < -0.39 is 6.61 Å². The van der Waals surface area contributed by atoms with Gasteiger partial charge in [-0.15, -0.1) is 0 Å². The molecule has 0 bridgehead atoms. The van der Waals surface area contributed by atoms with Crippen molar-refractivity contribution in [2.75, 3.05) is 24.6 Å². The minimum Gasteiger partial charge on any atom is -0.387 e. The third kappa shape index (κ3) is 3.24. The Kier molecular flexibility index (Phi) is 4.39. The van der Waals surface area contributed by atoms with Crippen molar-refractivity contribution in [3.05, 3.63) is 18.0 Å². The van der Waals surface area contributed by atoms with Crippen molar-refractivity contribution < 1.29 is 9.90 Å². The summed E-state index contributed by atoms with van der Waals surface area (Å²) in [6.45, 7) is 1.19. The maximum atomic E-state index is 11.6. The van der Waals surface area contributed by atoms with E-state index in [2.05, 4.69) is 21.3 Å². The lowest BCUT2D eigenvalue weighted by atomic mass is 9.98. The van der Waals surface area contributed by atoms with Crippen LogP contribution < -0.4 is 10.2 Å². The Morgan fingerprint density at radius 2 is 2.04 bits per heavy atom. The first-order chi connectivity index (χ1) is 11.7. The van der Waals surface area contributed by atoms with Crippen molar-refractivity contribution in [2.45, 2.75) is 50.5 Å². The molecule has 0 spiro atoms. The van der Waals surface area contributed by atoms with E-state index in [1.54, 1.807) is 0 Å². The van der Waals surface area contributed by atoms with Crippen molar-refractivity contribution in [3.8, 4) is 0 Å². The monoisotopic (exact) mass is 330 g/mol. The van der Waals surface area contributed by atoms with E-state index in [4.69, 9.17) is 10.1 Å². The number of carbonyl (C=O) groups excluding carboxylic acids is 1. The van der Waals surface area contributed by atoms with Gasteiger partial charge in [0, 0.05) is 36.8 Å². The lowest BCUT2D eigenvalue weighted by Gasteiger charge is -2.18. The summed E-state index contributed by atoms with van der Waals surface area (Å²) in [6.07, 6.45) is 9.42. The molecule has 3 fully saturated rings. The van der Waals surface area contributed by atoms with Gasteiger partial charge in [0.05, 0.1) is 6.04 Å².